The van der Waals surface area contributed by atoms with Crippen molar-refractivity contribution in [2.75, 3.05) is 19.0 Å². The van der Waals surface area contributed by atoms with Crippen molar-refractivity contribution in [3.05, 3.63) is 69.5 Å². The Morgan fingerprint density at radius 3 is 2.72 bits per heavy atom. The SMILES string of the molecule is COCC1(c2cc(C)c(O)cc2NC(=O)c2c[nH]c3ccccc3c2=O)CCC1. The van der Waals surface area contributed by atoms with E-state index in [4.69, 9.17) is 4.74 Å². The van der Waals surface area contributed by atoms with Crippen molar-refractivity contribution in [1.29, 1.82) is 0 Å². The minimum absolute atomic E-state index is 0.0316. The van der Waals surface area contributed by atoms with Gasteiger partial charge < -0.3 is 20.1 Å². The zero-order valence-corrected chi connectivity index (χ0v) is 16.5. The molecule has 6 heteroatoms. The molecule has 0 radical (unpaired) electrons. The van der Waals surface area contributed by atoms with Crippen LogP contribution in [0.2, 0.25) is 0 Å². The predicted octanol–water partition coefficient (Wildman–Crippen LogP) is 3.86. The highest BCUT2D eigenvalue weighted by Crippen LogP contribution is 2.48. The highest BCUT2D eigenvalue weighted by Gasteiger charge is 2.41. The number of aromatic amines is 1. The van der Waals surface area contributed by atoms with Gasteiger partial charge in [0.1, 0.15) is 11.3 Å². The third-order valence-corrected chi connectivity index (χ3v) is 5.92. The summed E-state index contributed by atoms with van der Waals surface area (Å²) in [5.74, 6) is -0.406. The molecule has 29 heavy (non-hydrogen) atoms. The van der Waals surface area contributed by atoms with E-state index in [9.17, 15) is 14.7 Å². The van der Waals surface area contributed by atoms with Crippen LogP contribution in [-0.2, 0) is 10.2 Å². The number of hydrogen-bond donors (Lipinski definition) is 3. The molecule has 3 aromatic rings. The van der Waals surface area contributed by atoms with E-state index in [1.807, 2.05) is 19.1 Å². The number of aryl methyl sites for hydroxylation is 1. The lowest BCUT2D eigenvalue weighted by Crippen LogP contribution is -2.39. The van der Waals surface area contributed by atoms with Crippen LogP contribution in [0.4, 0.5) is 5.69 Å². The van der Waals surface area contributed by atoms with E-state index in [-0.39, 0.29) is 22.2 Å². The Bertz CT molecular complexity index is 1150. The lowest BCUT2D eigenvalue weighted by molar-refractivity contribution is 0.0794. The fourth-order valence-electron chi connectivity index (χ4n) is 4.14. The maximum atomic E-state index is 13.0. The summed E-state index contributed by atoms with van der Waals surface area (Å²) in [6.07, 6.45) is 4.41. The first-order valence-electron chi connectivity index (χ1n) is 9.70. The summed E-state index contributed by atoms with van der Waals surface area (Å²) in [7, 11) is 1.67. The van der Waals surface area contributed by atoms with Crippen LogP contribution in [0.5, 0.6) is 5.75 Å². The van der Waals surface area contributed by atoms with Crippen molar-refractivity contribution in [2.24, 2.45) is 0 Å². The van der Waals surface area contributed by atoms with E-state index >= 15 is 0 Å². The van der Waals surface area contributed by atoms with Crippen LogP contribution in [0, 0.1) is 6.92 Å². The summed E-state index contributed by atoms with van der Waals surface area (Å²) in [6.45, 7) is 2.37. The largest absolute Gasteiger partial charge is 0.508 e. The first-order chi connectivity index (χ1) is 13.9. The van der Waals surface area contributed by atoms with Gasteiger partial charge in [-0.2, -0.15) is 0 Å². The van der Waals surface area contributed by atoms with Gasteiger partial charge in [0.2, 0.25) is 5.43 Å². The van der Waals surface area contributed by atoms with Crippen LogP contribution in [0.25, 0.3) is 10.9 Å². The molecule has 0 saturated heterocycles. The average molecular weight is 392 g/mol. The molecule has 0 bridgehead atoms. The summed E-state index contributed by atoms with van der Waals surface area (Å²) in [5, 5.41) is 13.6. The van der Waals surface area contributed by atoms with Crippen LogP contribution < -0.4 is 10.7 Å². The van der Waals surface area contributed by atoms with Crippen LogP contribution in [0.1, 0.15) is 40.7 Å². The number of anilines is 1. The summed E-state index contributed by atoms with van der Waals surface area (Å²) in [4.78, 5) is 28.8. The fraction of sp³-hybridized carbons (Fsp3) is 0.304. The Balaban J connectivity index is 1.75. The molecular weight excluding hydrogens is 368 g/mol. The zero-order chi connectivity index (χ0) is 20.6. The van der Waals surface area contributed by atoms with Gasteiger partial charge in [-0.25, -0.2) is 0 Å². The second-order valence-electron chi connectivity index (χ2n) is 7.78. The molecule has 1 fully saturated rings. The van der Waals surface area contributed by atoms with E-state index in [1.165, 1.54) is 6.20 Å². The average Bonchev–Trinajstić information content (AvgIpc) is 2.68. The predicted molar refractivity (Wildman–Crippen MR) is 113 cm³/mol. The molecule has 0 spiro atoms. The second-order valence-corrected chi connectivity index (χ2v) is 7.78. The molecule has 1 amide bonds. The number of hydrogen-bond acceptors (Lipinski definition) is 4. The van der Waals surface area contributed by atoms with Crippen molar-refractivity contribution in [3.8, 4) is 5.75 Å². The molecular formula is C23H24N2O4. The molecule has 1 aliphatic rings. The Hall–Kier alpha value is -3.12. The Morgan fingerprint density at radius 2 is 2.03 bits per heavy atom. The maximum absolute atomic E-state index is 13.0. The van der Waals surface area contributed by atoms with Crippen molar-refractivity contribution in [1.82, 2.24) is 4.98 Å². The molecule has 0 aliphatic heterocycles. The van der Waals surface area contributed by atoms with Crippen LogP contribution in [0.3, 0.4) is 0 Å². The lowest BCUT2D eigenvalue weighted by atomic mass is 9.64. The smallest absolute Gasteiger partial charge is 0.261 e. The van der Waals surface area contributed by atoms with E-state index in [2.05, 4.69) is 10.3 Å². The molecule has 1 saturated carbocycles. The quantitative estimate of drug-likeness (QED) is 0.615. The van der Waals surface area contributed by atoms with Gasteiger partial charge >= 0.3 is 0 Å². The summed E-state index contributed by atoms with van der Waals surface area (Å²) < 4.78 is 5.46. The van der Waals surface area contributed by atoms with Gasteiger partial charge in [0.15, 0.2) is 0 Å². The Morgan fingerprint density at radius 1 is 1.28 bits per heavy atom. The number of phenolic OH excluding ortho intramolecular Hbond substituents is 1. The van der Waals surface area contributed by atoms with E-state index in [0.29, 0.717) is 23.2 Å². The third-order valence-electron chi connectivity index (χ3n) is 5.92. The molecule has 150 valence electrons. The van der Waals surface area contributed by atoms with Crippen LogP contribution in [0.15, 0.2) is 47.4 Å². The number of fused-ring (bicyclic) bond motifs is 1. The number of para-hydroxylation sites is 1. The normalized spacial score (nSPS) is 15.1. The first kappa shape index (κ1) is 19.2. The molecule has 6 nitrogen and oxygen atoms in total. The van der Waals surface area contributed by atoms with Gasteiger partial charge in [-0.1, -0.05) is 18.6 Å². The number of amides is 1. The van der Waals surface area contributed by atoms with Crippen molar-refractivity contribution >= 4 is 22.5 Å². The molecule has 2 aromatic carbocycles. The minimum Gasteiger partial charge on any atom is -0.508 e. The van der Waals surface area contributed by atoms with Crippen molar-refractivity contribution in [3.63, 3.8) is 0 Å². The Labute approximate surface area is 168 Å². The topological polar surface area (TPSA) is 91.4 Å². The van der Waals surface area contributed by atoms with E-state index in [1.54, 1.807) is 31.4 Å². The van der Waals surface area contributed by atoms with E-state index in [0.717, 1.165) is 30.4 Å². The number of methoxy groups -OCH3 is 1. The number of benzene rings is 2. The van der Waals surface area contributed by atoms with Gasteiger partial charge in [0.05, 0.1) is 6.61 Å². The minimum atomic E-state index is -0.506. The van der Waals surface area contributed by atoms with Crippen molar-refractivity contribution in [2.45, 2.75) is 31.6 Å². The number of carbonyl (C=O) groups is 1. The van der Waals surface area contributed by atoms with Gasteiger partial charge in [0, 0.05) is 41.4 Å². The van der Waals surface area contributed by atoms with Gasteiger partial charge in [-0.05, 0) is 49.1 Å². The number of aromatic nitrogens is 1. The number of H-pyrrole nitrogens is 1. The van der Waals surface area contributed by atoms with Crippen LogP contribution >= 0.6 is 0 Å². The fourth-order valence-corrected chi connectivity index (χ4v) is 4.14. The number of carbonyl (C=O) groups excluding carboxylic acids is 1. The molecule has 0 atom stereocenters. The molecule has 4 rings (SSSR count). The molecule has 1 aliphatic carbocycles. The van der Waals surface area contributed by atoms with Gasteiger partial charge in [0.25, 0.3) is 5.91 Å². The highest BCUT2D eigenvalue weighted by molar-refractivity contribution is 6.06. The zero-order valence-electron chi connectivity index (χ0n) is 16.5. The van der Waals surface area contributed by atoms with Crippen molar-refractivity contribution < 1.29 is 14.6 Å². The third kappa shape index (κ3) is 3.29. The number of nitrogens with one attached hydrogen (secondary N) is 2. The molecule has 0 unspecified atom stereocenters. The number of pyridine rings is 1. The van der Waals surface area contributed by atoms with Crippen LogP contribution in [-0.4, -0.2) is 29.7 Å². The summed E-state index contributed by atoms with van der Waals surface area (Å²) in [6, 6.07) is 10.5. The standard InChI is InChI=1S/C23H24N2O4/c1-14-10-17(23(13-29-2)8-5-9-23)19(11-20(14)26)25-22(28)16-12-24-18-7-4-3-6-15(18)21(16)27/h3-4,6-7,10-12,26H,5,8-9,13H2,1-2H3,(H,24,27)(H,25,28). The number of rotatable bonds is 5. The first-order valence-corrected chi connectivity index (χ1v) is 9.70. The van der Waals surface area contributed by atoms with Gasteiger partial charge in [-0.15, -0.1) is 0 Å². The van der Waals surface area contributed by atoms with Gasteiger partial charge in [-0.3, -0.25) is 9.59 Å². The summed E-state index contributed by atoms with van der Waals surface area (Å²) in [5.41, 5.74) is 2.38. The highest BCUT2D eigenvalue weighted by atomic mass is 16.5. The lowest BCUT2D eigenvalue weighted by Gasteiger charge is -2.43. The Kier molecular flexibility index (Phi) is 4.88. The van der Waals surface area contributed by atoms with E-state index < -0.39 is 5.91 Å². The number of phenols is 1. The number of ether oxygens (including phenoxy) is 1. The summed E-state index contributed by atoms with van der Waals surface area (Å²) >= 11 is 0. The maximum Gasteiger partial charge on any atom is 0.261 e. The second kappa shape index (κ2) is 7.37. The number of aromatic hydroxyl groups is 1. The molecule has 1 heterocycles. The molecule has 1 aromatic heterocycles. The molecule has 3 N–H and O–H groups in total. The monoisotopic (exact) mass is 392 g/mol.